The van der Waals surface area contributed by atoms with Crippen molar-refractivity contribution in [3.05, 3.63) is 0 Å². The fourth-order valence-corrected chi connectivity index (χ4v) is 4.88. The Kier molecular flexibility index (Phi) is 13.0. The monoisotopic (exact) mass is 632 g/mol. The van der Waals surface area contributed by atoms with Crippen LogP contribution in [0.15, 0.2) is 0 Å². The Hall–Kier alpha value is -1.66. The van der Waals surface area contributed by atoms with Gasteiger partial charge in [0, 0.05) is 12.8 Å². The van der Waals surface area contributed by atoms with Crippen molar-refractivity contribution in [3.63, 3.8) is 0 Å². The summed E-state index contributed by atoms with van der Waals surface area (Å²) in [5.41, 5.74) is 0. The van der Waals surface area contributed by atoms with Gasteiger partial charge in [0.05, 0.1) is 19.8 Å². The highest BCUT2D eigenvalue weighted by molar-refractivity contribution is 5.70. The van der Waals surface area contributed by atoms with Crippen molar-refractivity contribution in [1.82, 2.24) is 0 Å². The Morgan fingerprint density at radius 2 is 1.30 bits per heavy atom. The first-order valence-corrected chi connectivity index (χ1v) is 13.6. The van der Waals surface area contributed by atoms with Crippen LogP contribution >= 0.6 is 0 Å². The second kappa shape index (κ2) is 15.6. The minimum absolute atomic E-state index is 0.0885. The number of esters is 1. The normalized spacial score (nSPS) is 43.4. The van der Waals surface area contributed by atoms with Crippen molar-refractivity contribution in [2.75, 3.05) is 26.4 Å². The Labute approximate surface area is 244 Å². The molecular formula is C24H40O19. The number of rotatable bonds is 14. The van der Waals surface area contributed by atoms with E-state index in [0.717, 1.165) is 0 Å². The number of ether oxygens (including phenoxy) is 6. The molecule has 0 spiro atoms. The van der Waals surface area contributed by atoms with E-state index in [4.69, 9.17) is 33.5 Å². The molecule has 0 amide bonds. The summed E-state index contributed by atoms with van der Waals surface area (Å²) >= 11 is 0. The van der Waals surface area contributed by atoms with Crippen LogP contribution in [0.4, 0.5) is 0 Å². The predicted octanol–water partition coefficient (Wildman–Crippen LogP) is -6.38. The van der Waals surface area contributed by atoms with Crippen LogP contribution in [0.5, 0.6) is 0 Å². The lowest BCUT2D eigenvalue weighted by atomic mass is 9.98. The Bertz CT molecular complexity index is 906. The summed E-state index contributed by atoms with van der Waals surface area (Å²) in [6.45, 7) is -3.41. The van der Waals surface area contributed by atoms with Gasteiger partial charge in [0.2, 0.25) is 12.1 Å². The van der Waals surface area contributed by atoms with Gasteiger partial charge in [-0.3, -0.25) is 9.59 Å². The third-order valence-electron chi connectivity index (χ3n) is 7.43. The van der Waals surface area contributed by atoms with E-state index in [2.05, 4.69) is 0 Å². The van der Waals surface area contributed by atoms with Gasteiger partial charge >= 0.3 is 11.9 Å². The van der Waals surface area contributed by atoms with E-state index in [1.807, 2.05) is 0 Å². The highest BCUT2D eigenvalue weighted by atomic mass is 16.8. The minimum Gasteiger partial charge on any atom is -0.481 e. The summed E-state index contributed by atoms with van der Waals surface area (Å²) < 4.78 is 32.5. The molecule has 3 saturated heterocycles. The molecule has 0 radical (unpaired) electrons. The Balaban J connectivity index is 1.78. The van der Waals surface area contributed by atoms with Crippen LogP contribution in [-0.4, -0.2) is 180 Å². The number of carboxylic acid groups (broad SMARTS) is 1. The zero-order valence-corrected chi connectivity index (χ0v) is 22.8. The van der Waals surface area contributed by atoms with E-state index in [1.54, 1.807) is 0 Å². The van der Waals surface area contributed by atoms with Crippen molar-refractivity contribution in [3.8, 4) is 0 Å². The van der Waals surface area contributed by atoms with Crippen LogP contribution in [0, 0.1) is 0 Å². The van der Waals surface area contributed by atoms with Gasteiger partial charge in [-0.2, -0.15) is 0 Å². The quantitative estimate of drug-likeness (QED) is 0.0626. The smallest absolute Gasteiger partial charge is 0.306 e. The lowest BCUT2D eigenvalue weighted by Crippen LogP contribution is -2.64. The number of hydrogen-bond donors (Lipinski definition) is 11. The van der Waals surface area contributed by atoms with Gasteiger partial charge in [-0.05, 0) is 12.8 Å². The Morgan fingerprint density at radius 1 is 0.698 bits per heavy atom. The zero-order chi connectivity index (χ0) is 32.1. The van der Waals surface area contributed by atoms with Gasteiger partial charge in [0.15, 0.2) is 12.4 Å². The molecule has 0 aromatic rings. The maximum Gasteiger partial charge on any atom is 0.306 e. The molecule has 3 fully saturated rings. The number of hydrogen-bond acceptors (Lipinski definition) is 18. The largest absolute Gasteiger partial charge is 0.481 e. The summed E-state index contributed by atoms with van der Waals surface area (Å²) in [6.07, 6.45) is -23.0. The molecule has 19 heteroatoms. The molecule has 250 valence electrons. The molecule has 3 aliphatic heterocycles. The first-order chi connectivity index (χ1) is 20.3. The highest BCUT2D eigenvalue weighted by Gasteiger charge is 2.59. The van der Waals surface area contributed by atoms with Gasteiger partial charge in [0.25, 0.3) is 0 Å². The summed E-state index contributed by atoms with van der Waals surface area (Å²) in [5, 5.41) is 110. The van der Waals surface area contributed by atoms with Crippen molar-refractivity contribution in [2.24, 2.45) is 0 Å². The van der Waals surface area contributed by atoms with Crippen LogP contribution in [0.3, 0.4) is 0 Å². The third kappa shape index (κ3) is 8.14. The molecule has 3 heterocycles. The average molecular weight is 633 g/mol. The molecule has 0 aromatic carbocycles. The van der Waals surface area contributed by atoms with E-state index in [9.17, 15) is 60.7 Å². The van der Waals surface area contributed by atoms with E-state index >= 15 is 0 Å². The molecule has 11 N–H and O–H groups in total. The third-order valence-corrected chi connectivity index (χ3v) is 7.43. The maximum atomic E-state index is 12.5. The van der Waals surface area contributed by atoms with Gasteiger partial charge < -0.3 is 84.6 Å². The summed E-state index contributed by atoms with van der Waals surface area (Å²) in [7, 11) is 0. The van der Waals surface area contributed by atoms with Crippen LogP contribution in [-0.2, 0) is 38.0 Å². The molecule has 3 rings (SSSR count). The summed E-state index contributed by atoms with van der Waals surface area (Å²) in [6, 6.07) is 0. The van der Waals surface area contributed by atoms with Crippen LogP contribution in [0.25, 0.3) is 0 Å². The second-order valence-electron chi connectivity index (χ2n) is 10.5. The van der Waals surface area contributed by atoms with Crippen molar-refractivity contribution in [2.45, 2.75) is 111 Å². The standard InChI is InChI=1S/C24H40O19/c25-5-9-14(31)17(34)19(36)22(39-9)38-7-11-15(32)18(35)20(41-13(30)4-2-1-3-12(28)29)23(40-11)43-24(8-27)21(37)16(33)10(6-26)42-24/h9-11,14-23,25-27,31-37H,1-8H2,(H,28,29)/t9-,10-,11-,14+,15-,16-,17+,18+,19-,20-,21+,22+,23-,24+/m1/s1. The molecule has 14 atom stereocenters. The van der Waals surface area contributed by atoms with Gasteiger partial charge in [-0.25, -0.2) is 0 Å². The van der Waals surface area contributed by atoms with Gasteiger partial charge in [-0.1, -0.05) is 0 Å². The number of aliphatic hydroxyl groups excluding tert-OH is 10. The van der Waals surface area contributed by atoms with Crippen LogP contribution < -0.4 is 0 Å². The second-order valence-corrected chi connectivity index (χ2v) is 10.5. The fraction of sp³-hybridized carbons (Fsp3) is 0.917. The molecule has 0 aliphatic carbocycles. The van der Waals surface area contributed by atoms with E-state index in [1.165, 1.54) is 0 Å². The molecule has 0 unspecified atom stereocenters. The number of carbonyl (C=O) groups is 2. The molecule has 43 heavy (non-hydrogen) atoms. The van der Waals surface area contributed by atoms with Crippen molar-refractivity contribution >= 4 is 11.9 Å². The fourth-order valence-electron chi connectivity index (χ4n) is 4.88. The van der Waals surface area contributed by atoms with Crippen LogP contribution in [0.2, 0.25) is 0 Å². The molecule has 0 bridgehead atoms. The lowest BCUT2D eigenvalue weighted by molar-refractivity contribution is -0.388. The predicted molar refractivity (Wildman–Crippen MR) is 131 cm³/mol. The number of unbranched alkanes of at least 4 members (excludes halogenated alkanes) is 1. The van der Waals surface area contributed by atoms with E-state index < -0.39 is 124 Å². The first-order valence-electron chi connectivity index (χ1n) is 13.6. The SMILES string of the molecule is O=C(O)CCCCC(=O)O[C@H]1[C@@H](O[C@]2(CO)O[C@H](CO)[C@@H](O)[C@@H]2O)O[C@H](CO[C@H]2O[C@H](CO)[C@H](O)[C@H](O)[C@H]2O)[C@@H](O)[C@@H]1O. The Morgan fingerprint density at radius 3 is 1.88 bits per heavy atom. The molecule has 3 aliphatic rings. The molecule has 19 nitrogen and oxygen atoms in total. The van der Waals surface area contributed by atoms with E-state index in [0.29, 0.717) is 0 Å². The zero-order valence-electron chi connectivity index (χ0n) is 22.8. The summed E-state index contributed by atoms with van der Waals surface area (Å²) in [4.78, 5) is 23.2. The summed E-state index contributed by atoms with van der Waals surface area (Å²) in [5.74, 6) is -4.52. The lowest BCUT2D eigenvalue weighted by Gasteiger charge is -2.45. The molecular weight excluding hydrogens is 592 g/mol. The van der Waals surface area contributed by atoms with Gasteiger partial charge in [-0.15, -0.1) is 0 Å². The molecule has 0 aromatic heterocycles. The first kappa shape index (κ1) is 35.8. The van der Waals surface area contributed by atoms with E-state index in [-0.39, 0.29) is 25.7 Å². The number of carboxylic acids is 1. The maximum absolute atomic E-state index is 12.5. The number of aliphatic carboxylic acids is 1. The topological polar surface area (TPSA) is 312 Å². The van der Waals surface area contributed by atoms with Gasteiger partial charge in [0.1, 0.15) is 67.6 Å². The average Bonchev–Trinajstić information content (AvgIpc) is 3.22. The highest BCUT2D eigenvalue weighted by Crippen LogP contribution is 2.37. The van der Waals surface area contributed by atoms with Crippen LogP contribution in [0.1, 0.15) is 25.7 Å². The van der Waals surface area contributed by atoms with Crippen molar-refractivity contribution < 1.29 is 94.2 Å². The number of carbonyl (C=O) groups excluding carboxylic acids is 1. The molecule has 0 saturated carbocycles. The minimum atomic E-state index is -2.48. The van der Waals surface area contributed by atoms with Crippen molar-refractivity contribution in [1.29, 1.82) is 0 Å². The number of aliphatic hydroxyl groups is 10.